The fourth-order valence-electron chi connectivity index (χ4n) is 4.37. The van der Waals surface area contributed by atoms with E-state index in [1.807, 2.05) is 23.2 Å². The largest absolute Gasteiger partial charge is 0.454 e. The van der Waals surface area contributed by atoms with Crippen LogP contribution in [-0.4, -0.2) is 40.2 Å². The molecule has 1 amide bonds. The van der Waals surface area contributed by atoms with Gasteiger partial charge in [0.15, 0.2) is 11.5 Å². The molecule has 6 nitrogen and oxygen atoms in total. The maximum atomic E-state index is 13.0. The van der Waals surface area contributed by atoms with E-state index in [-0.39, 0.29) is 12.7 Å². The Morgan fingerprint density at radius 3 is 2.89 bits per heavy atom. The highest BCUT2D eigenvalue weighted by molar-refractivity contribution is 5.95. The van der Waals surface area contributed by atoms with Crippen LogP contribution in [0.3, 0.4) is 0 Å². The molecule has 1 atom stereocenters. The summed E-state index contributed by atoms with van der Waals surface area (Å²) in [6, 6.07) is 5.45. The van der Waals surface area contributed by atoms with E-state index in [0.29, 0.717) is 23.0 Å². The molecule has 1 aromatic heterocycles. The number of imidazole rings is 1. The first-order valence-electron chi connectivity index (χ1n) is 9.98. The number of ether oxygens (including phenoxy) is 2. The van der Waals surface area contributed by atoms with Gasteiger partial charge in [-0.2, -0.15) is 0 Å². The van der Waals surface area contributed by atoms with Crippen LogP contribution in [0.4, 0.5) is 0 Å². The van der Waals surface area contributed by atoms with Crippen LogP contribution in [-0.2, 0) is 6.54 Å². The molecule has 1 aliphatic carbocycles. The summed E-state index contributed by atoms with van der Waals surface area (Å²) >= 11 is 0. The third-order valence-corrected chi connectivity index (χ3v) is 6.12. The number of hydrogen-bond donors (Lipinski definition) is 0. The van der Waals surface area contributed by atoms with Crippen LogP contribution in [0, 0.1) is 5.92 Å². The molecule has 3 heterocycles. The predicted molar refractivity (Wildman–Crippen MR) is 100 cm³/mol. The number of carbonyl (C=O) groups excluding carboxylic acids is 1. The zero-order valence-corrected chi connectivity index (χ0v) is 15.5. The highest BCUT2D eigenvalue weighted by Crippen LogP contribution is 2.34. The maximum Gasteiger partial charge on any atom is 0.254 e. The molecule has 1 saturated carbocycles. The van der Waals surface area contributed by atoms with Crippen molar-refractivity contribution in [1.29, 1.82) is 0 Å². The molecule has 6 heteroatoms. The van der Waals surface area contributed by atoms with Gasteiger partial charge in [0, 0.05) is 43.5 Å². The molecule has 27 heavy (non-hydrogen) atoms. The summed E-state index contributed by atoms with van der Waals surface area (Å²) in [6.07, 6.45) is 10.1. The second-order valence-electron chi connectivity index (χ2n) is 7.89. The lowest BCUT2D eigenvalue weighted by Gasteiger charge is -2.33. The van der Waals surface area contributed by atoms with Crippen molar-refractivity contribution in [1.82, 2.24) is 14.5 Å². The lowest BCUT2D eigenvalue weighted by Crippen LogP contribution is -2.40. The van der Waals surface area contributed by atoms with E-state index < -0.39 is 0 Å². The van der Waals surface area contributed by atoms with Crippen LogP contribution in [0.5, 0.6) is 11.5 Å². The molecule has 3 aliphatic rings. The number of fused-ring (bicyclic) bond motifs is 1. The van der Waals surface area contributed by atoms with Gasteiger partial charge in [-0.15, -0.1) is 0 Å². The smallest absolute Gasteiger partial charge is 0.254 e. The van der Waals surface area contributed by atoms with E-state index in [1.54, 1.807) is 6.07 Å². The molecule has 1 aromatic carbocycles. The Bertz CT molecular complexity index is 843. The van der Waals surface area contributed by atoms with Gasteiger partial charge >= 0.3 is 0 Å². The Morgan fingerprint density at radius 1 is 1.15 bits per heavy atom. The number of nitrogens with zero attached hydrogens (tertiary/aromatic N) is 3. The first kappa shape index (κ1) is 16.7. The Labute approximate surface area is 159 Å². The topological polar surface area (TPSA) is 56.6 Å². The number of likely N-dealkylation sites (tertiary alicyclic amines) is 1. The minimum Gasteiger partial charge on any atom is -0.454 e. The summed E-state index contributed by atoms with van der Waals surface area (Å²) in [4.78, 5) is 19.7. The summed E-state index contributed by atoms with van der Waals surface area (Å²) in [5, 5.41) is 0. The minimum atomic E-state index is 0.0649. The van der Waals surface area contributed by atoms with E-state index in [4.69, 9.17) is 9.47 Å². The molecule has 0 N–H and O–H groups in total. The van der Waals surface area contributed by atoms with Crippen molar-refractivity contribution in [3.8, 4) is 11.5 Å². The molecule has 0 radical (unpaired) electrons. The summed E-state index contributed by atoms with van der Waals surface area (Å²) in [5.41, 5.74) is 0.665. The van der Waals surface area contributed by atoms with Gasteiger partial charge in [0.25, 0.3) is 5.91 Å². The third-order valence-electron chi connectivity index (χ3n) is 6.12. The first-order valence-corrected chi connectivity index (χ1v) is 9.98. The van der Waals surface area contributed by atoms with E-state index in [1.165, 1.54) is 19.3 Å². The number of piperidine rings is 1. The number of hydrogen-bond acceptors (Lipinski definition) is 4. The standard InChI is InChI=1S/C21H25N3O3/c25-21(16-6-7-18-19(11-16)27-14-26-18)24-9-2-5-17(13-24)20-22-8-10-23(20)12-15-3-1-4-15/h6-8,10-11,15,17H,1-5,9,12-14H2. The number of benzene rings is 1. The molecule has 2 aliphatic heterocycles. The molecule has 2 aromatic rings. The van der Waals surface area contributed by atoms with Crippen molar-refractivity contribution in [3.05, 3.63) is 42.0 Å². The molecule has 1 saturated heterocycles. The summed E-state index contributed by atoms with van der Waals surface area (Å²) in [5.74, 6) is 3.69. The molecule has 5 rings (SSSR count). The van der Waals surface area contributed by atoms with Gasteiger partial charge in [0.1, 0.15) is 5.82 Å². The Morgan fingerprint density at radius 2 is 2.04 bits per heavy atom. The fraction of sp³-hybridized carbons (Fsp3) is 0.524. The normalized spacial score (nSPS) is 21.9. The Hall–Kier alpha value is -2.50. The monoisotopic (exact) mass is 367 g/mol. The van der Waals surface area contributed by atoms with Crippen LogP contribution < -0.4 is 9.47 Å². The van der Waals surface area contributed by atoms with Gasteiger partial charge in [-0.1, -0.05) is 6.42 Å². The van der Waals surface area contributed by atoms with Crippen LogP contribution >= 0.6 is 0 Å². The minimum absolute atomic E-state index is 0.0649. The van der Waals surface area contributed by atoms with Gasteiger partial charge in [0.2, 0.25) is 6.79 Å². The van der Waals surface area contributed by atoms with E-state index in [9.17, 15) is 4.79 Å². The van der Waals surface area contributed by atoms with Gasteiger partial charge in [-0.3, -0.25) is 4.79 Å². The average molecular weight is 367 g/mol. The Balaban J connectivity index is 1.31. The van der Waals surface area contributed by atoms with Crippen LogP contribution in [0.1, 0.15) is 54.2 Å². The quantitative estimate of drug-likeness (QED) is 0.831. The van der Waals surface area contributed by atoms with Gasteiger partial charge < -0.3 is 18.9 Å². The number of carbonyl (C=O) groups is 1. The molecule has 2 fully saturated rings. The zero-order valence-electron chi connectivity index (χ0n) is 15.5. The van der Waals surface area contributed by atoms with E-state index >= 15 is 0 Å². The van der Waals surface area contributed by atoms with Crippen LogP contribution in [0.15, 0.2) is 30.6 Å². The molecule has 0 spiro atoms. The van der Waals surface area contributed by atoms with Crippen molar-refractivity contribution in [2.45, 2.75) is 44.6 Å². The highest BCUT2D eigenvalue weighted by Gasteiger charge is 2.29. The van der Waals surface area contributed by atoms with Gasteiger partial charge in [0.05, 0.1) is 0 Å². The molecular weight excluding hydrogens is 342 g/mol. The average Bonchev–Trinajstić information content (AvgIpc) is 3.32. The second kappa shape index (κ2) is 6.91. The third kappa shape index (κ3) is 3.17. The molecule has 142 valence electrons. The predicted octanol–water partition coefficient (Wildman–Crippen LogP) is 3.43. The van der Waals surface area contributed by atoms with Gasteiger partial charge in [-0.05, 0) is 49.8 Å². The lowest BCUT2D eigenvalue weighted by molar-refractivity contribution is 0.0702. The molecule has 1 unspecified atom stereocenters. The number of rotatable bonds is 4. The fourth-order valence-corrected chi connectivity index (χ4v) is 4.37. The second-order valence-corrected chi connectivity index (χ2v) is 7.89. The van der Waals surface area contributed by atoms with Crippen LogP contribution in [0.2, 0.25) is 0 Å². The lowest BCUT2D eigenvalue weighted by atomic mass is 9.85. The summed E-state index contributed by atoms with van der Waals surface area (Å²) in [6.45, 7) is 2.83. The zero-order chi connectivity index (χ0) is 18.2. The summed E-state index contributed by atoms with van der Waals surface area (Å²) < 4.78 is 13.1. The van der Waals surface area contributed by atoms with E-state index in [2.05, 4.69) is 15.7 Å². The van der Waals surface area contributed by atoms with Crippen molar-refractivity contribution in [2.24, 2.45) is 5.92 Å². The maximum absolute atomic E-state index is 13.0. The SMILES string of the molecule is O=C(c1ccc2c(c1)OCO2)N1CCCC(c2nccn2CC2CCC2)C1. The van der Waals surface area contributed by atoms with Gasteiger partial charge in [-0.25, -0.2) is 4.98 Å². The molecule has 0 bridgehead atoms. The number of aromatic nitrogens is 2. The van der Waals surface area contributed by atoms with Crippen molar-refractivity contribution < 1.29 is 14.3 Å². The van der Waals surface area contributed by atoms with Crippen molar-refractivity contribution >= 4 is 5.91 Å². The number of amides is 1. The van der Waals surface area contributed by atoms with Crippen molar-refractivity contribution in [2.75, 3.05) is 19.9 Å². The molecular formula is C21H25N3O3. The van der Waals surface area contributed by atoms with Crippen molar-refractivity contribution in [3.63, 3.8) is 0 Å². The Kier molecular flexibility index (Phi) is 4.26. The van der Waals surface area contributed by atoms with E-state index in [0.717, 1.165) is 44.2 Å². The highest BCUT2D eigenvalue weighted by atomic mass is 16.7. The summed E-state index contributed by atoms with van der Waals surface area (Å²) in [7, 11) is 0. The first-order chi connectivity index (χ1) is 13.3. The van der Waals surface area contributed by atoms with Crippen LogP contribution in [0.25, 0.3) is 0 Å².